The van der Waals surface area contributed by atoms with Crippen molar-refractivity contribution in [2.24, 2.45) is 0 Å². The monoisotopic (exact) mass is 390 g/mol. The van der Waals surface area contributed by atoms with Crippen molar-refractivity contribution in [3.8, 4) is 0 Å². The van der Waals surface area contributed by atoms with Gasteiger partial charge in [-0.05, 0) is 62.7 Å². The van der Waals surface area contributed by atoms with Crippen LogP contribution in [0.1, 0.15) is 20.8 Å². The van der Waals surface area contributed by atoms with Crippen LogP contribution in [0.15, 0.2) is 53.4 Å². The number of halogens is 1. The number of rotatable bonds is 4. The van der Waals surface area contributed by atoms with E-state index in [-0.39, 0.29) is 10.2 Å². The van der Waals surface area contributed by atoms with Gasteiger partial charge in [0.25, 0.3) is 0 Å². The minimum absolute atomic E-state index is 0.115. The summed E-state index contributed by atoms with van der Waals surface area (Å²) in [6, 6.07) is 14.0. The second-order valence-electron chi connectivity index (χ2n) is 6.87. The summed E-state index contributed by atoms with van der Waals surface area (Å²) in [5.41, 5.74) is 0.716. The molecule has 0 amide bonds. The Hall–Kier alpha value is -2.22. The third-order valence-electron chi connectivity index (χ3n) is 3.42. The molecule has 0 aliphatic rings. The molecule has 3 aromatic rings. The molecule has 0 atom stereocenters. The van der Waals surface area contributed by atoms with E-state index in [1.165, 1.54) is 0 Å². The highest BCUT2D eigenvalue weighted by atomic mass is 35.5. The van der Waals surface area contributed by atoms with E-state index in [0.717, 1.165) is 5.39 Å². The predicted molar refractivity (Wildman–Crippen MR) is 104 cm³/mol. The van der Waals surface area contributed by atoms with E-state index in [4.69, 9.17) is 11.6 Å². The van der Waals surface area contributed by atoms with Gasteiger partial charge >= 0.3 is 0 Å². The first kappa shape index (κ1) is 18.6. The summed E-state index contributed by atoms with van der Waals surface area (Å²) in [4.78, 5) is 8.58. The van der Waals surface area contributed by atoms with Crippen LogP contribution >= 0.6 is 11.6 Å². The van der Waals surface area contributed by atoms with Crippen LogP contribution < -0.4 is 10.0 Å². The SMILES string of the molecule is CC(C)(C)NS(=O)(=O)c1cccc(Nc2nc(Cl)nc3ccccc23)c1. The number of hydrogen-bond acceptors (Lipinski definition) is 5. The Morgan fingerprint density at radius 2 is 1.73 bits per heavy atom. The quantitative estimate of drug-likeness (QED) is 0.655. The molecule has 6 nitrogen and oxygen atoms in total. The molecule has 0 aliphatic heterocycles. The summed E-state index contributed by atoms with van der Waals surface area (Å²) in [5.74, 6) is 0.513. The third-order valence-corrected chi connectivity index (χ3v) is 5.35. The zero-order valence-corrected chi connectivity index (χ0v) is 16.2. The lowest BCUT2D eigenvalue weighted by molar-refractivity contribution is 0.491. The Bertz CT molecular complexity index is 1060. The predicted octanol–water partition coefficient (Wildman–Crippen LogP) is 4.10. The second kappa shape index (κ2) is 6.83. The van der Waals surface area contributed by atoms with Crippen molar-refractivity contribution in [2.45, 2.75) is 31.2 Å². The van der Waals surface area contributed by atoms with Crippen LogP contribution in [0.5, 0.6) is 0 Å². The molecule has 0 radical (unpaired) electrons. The zero-order chi connectivity index (χ0) is 18.9. The molecule has 0 saturated carbocycles. The van der Waals surface area contributed by atoms with Crippen LogP contribution in [0, 0.1) is 0 Å². The van der Waals surface area contributed by atoms with Crippen LogP contribution in [0.2, 0.25) is 5.28 Å². The van der Waals surface area contributed by atoms with Crippen LogP contribution in [0.4, 0.5) is 11.5 Å². The van der Waals surface area contributed by atoms with E-state index < -0.39 is 15.6 Å². The first-order valence-electron chi connectivity index (χ1n) is 7.97. The van der Waals surface area contributed by atoms with Gasteiger partial charge in [0.05, 0.1) is 10.4 Å². The van der Waals surface area contributed by atoms with Gasteiger partial charge in [0.15, 0.2) is 0 Å². The maximum Gasteiger partial charge on any atom is 0.241 e. The standard InChI is InChI=1S/C18H19ClN4O2S/c1-18(2,3)23-26(24,25)13-8-6-7-12(11-13)20-16-14-9-4-5-10-15(14)21-17(19)22-16/h4-11,23H,1-3H3,(H,20,21,22). The molecule has 0 spiro atoms. The first-order chi connectivity index (χ1) is 12.1. The summed E-state index contributed by atoms with van der Waals surface area (Å²) < 4.78 is 27.7. The number of aromatic nitrogens is 2. The number of hydrogen-bond donors (Lipinski definition) is 2. The highest BCUT2D eigenvalue weighted by Crippen LogP contribution is 2.26. The van der Waals surface area contributed by atoms with Crippen molar-refractivity contribution < 1.29 is 8.42 Å². The van der Waals surface area contributed by atoms with Gasteiger partial charge in [0.1, 0.15) is 5.82 Å². The summed E-state index contributed by atoms with van der Waals surface area (Å²) in [5, 5.41) is 4.04. The topological polar surface area (TPSA) is 84.0 Å². The molecule has 2 aromatic carbocycles. The highest BCUT2D eigenvalue weighted by Gasteiger charge is 2.22. The van der Waals surface area contributed by atoms with Crippen LogP contribution in [0.3, 0.4) is 0 Å². The van der Waals surface area contributed by atoms with E-state index >= 15 is 0 Å². The van der Waals surface area contributed by atoms with Crippen molar-refractivity contribution in [3.63, 3.8) is 0 Å². The summed E-state index contributed by atoms with van der Waals surface area (Å²) >= 11 is 6.00. The minimum atomic E-state index is -3.63. The maximum absolute atomic E-state index is 12.5. The van der Waals surface area contributed by atoms with Gasteiger partial charge in [-0.25, -0.2) is 18.1 Å². The average molecular weight is 391 g/mol. The van der Waals surface area contributed by atoms with Crippen molar-refractivity contribution in [3.05, 3.63) is 53.8 Å². The number of nitrogens with one attached hydrogen (secondary N) is 2. The molecule has 3 rings (SSSR count). The molecule has 0 aliphatic carbocycles. The lowest BCUT2D eigenvalue weighted by Crippen LogP contribution is -2.40. The molecular weight excluding hydrogens is 372 g/mol. The van der Waals surface area contributed by atoms with Crippen LogP contribution in [0.25, 0.3) is 10.9 Å². The van der Waals surface area contributed by atoms with Gasteiger partial charge in [-0.3, -0.25) is 0 Å². The Balaban J connectivity index is 1.98. The lowest BCUT2D eigenvalue weighted by Gasteiger charge is -2.20. The van der Waals surface area contributed by atoms with Gasteiger partial charge in [0.2, 0.25) is 15.3 Å². The average Bonchev–Trinajstić information content (AvgIpc) is 2.53. The number of anilines is 2. The molecule has 136 valence electrons. The van der Waals surface area contributed by atoms with Gasteiger partial charge in [-0.1, -0.05) is 18.2 Å². The summed E-state index contributed by atoms with van der Waals surface area (Å²) in [7, 11) is -3.63. The zero-order valence-electron chi connectivity index (χ0n) is 14.6. The number of para-hydroxylation sites is 1. The molecule has 0 fully saturated rings. The third kappa shape index (κ3) is 4.30. The number of nitrogens with zero attached hydrogens (tertiary/aromatic N) is 2. The maximum atomic E-state index is 12.5. The van der Waals surface area contributed by atoms with Gasteiger partial charge in [0, 0.05) is 16.6 Å². The summed E-state index contributed by atoms with van der Waals surface area (Å²) in [6.45, 7) is 5.38. The van der Waals surface area contributed by atoms with Crippen LogP contribution in [-0.2, 0) is 10.0 Å². The Labute approximate surface area is 157 Å². The summed E-state index contributed by atoms with van der Waals surface area (Å²) in [6.07, 6.45) is 0. The van der Waals surface area contributed by atoms with Crippen molar-refractivity contribution >= 4 is 44.0 Å². The Morgan fingerprint density at radius 1 is 1.00 bits per heavy atom. The fourth-order valence-electron chi connectivity index (χ4n) is 2.48. The fourth-order valence-corrected chi connectivity index (χ4v) is 4.12. The number of fused-ring (bicyclic) bond motifs is 1. The van der Waals surface area contributed by atoms with E-state index in [2.05, 4.69) is 20.0 Å². The van der Waals surface area contributed by atoms with Crippen LogP contribution in [-0.4, -0.2) is 23.9 Å². The Kier molecular flexibility index (Phi) is 4.88. The molecule has 0 saturated heterocycles. The van der Waals surface area contributed by atoms with Crippen molar-refractivity contribution in [2.75, 3.05) is 5.32 Å². The van der Waals surface area contributed by atoms with E-state index in [1.54, 1.807) is 45.0 Å². The largest absolute Gasteiger partial charge is 0.340 e. The molecular formula is C18H19ClN4O2S. The fraction of sp³-hybridized carbons (Fsp3) is 0.222. The van der Waals surface area contributed by atoms with Crippen molar-refractivity contribution in [1.29, 1.82) is 0 Å². The Morgan fingerprint density at radius 3 is 2.46 bits per heavy atom. The van der Waals surface area contributed by atoms with E-state index in [9.17, 15) is 8.42 Å². The molecule has 8 heteroatoms. The van der Waals surface area contributed by atoms with E-state index in [1.807, 2.05) is 24.3 Å². The van der Waals surface area contributed by atoms with Crippen molar-refractivity contribution in [1.82, 2.24) is 14.7 Å². The molecule has 0 unspecified atom stereocenters. The number of benzene rings is 2. The number of sulfonamides is 1. The lowest BCUT2D eigenvalue weighted by atomic mass is 10.1. The molecule has 0 bridgehead atoms. The van der Waals surface area contributed by atoms with Gasteiger partial charge in [-0.15, -0.1) is 0 Å². The molecule has 2 N–H and O–H groups in total. The molecule has 26 heavy (non-hydrogen) atoms. The molecule has 1 heterocycles. The minimum Gasteiger partial charge on any atom is -0.340 e. The molecule has 1 aromatic heterocycles. The smallest absolute Gasteiger partial charge is 0.241 e. The normalized spacial score (nSPS) is 12.3. The second-order valence-corrected chi connectivity index (χ2v) is 8.89. The van der Waals surface area contributed by atoms with Gasteiger partial charge < -0.3 is 5.32 Å². The van der Waals surface area contributed by atoms with E-state index in [0.29, 0.717) is 17.0 Å². The first-order valence-corrected chi connectivity index (χ1v) is 9.83. The highest BCUT2D eigenvalue weighted by molar-refractivity contribution is 7.89. The van der Waals surface area contributed by atoms with Gasteiger partial charge in [-0.2, -0.15) is 4.98 Å².